The van der Waals surface area contributed by atoms with Gasteiger partial charge < -0.3 is 19.5 Å². The van der Waals surface area contributed by atoms with Crippen molar-refractivity contribution in [3.8, 4) is 0 Å². The second-order valence-corrected chi connectivity index (χ2v) is 7.85. The number of hydrogen-bond donors (Lipinski definition) is 1. The number of fused-ring (bicyclic) bond motifs is 2. The van der Waals surface area contributed by atoms with Crippen molar-refractivity contribution >= 4 is 6.03 Å². The number of rotatable bonds is 4. The number of amides is 2. The van der Waals surface area contributed by atoms with E-state index in [0.717, 1.165) is 31.4 Å². The van der Waals surface area contributed by atoms with Gasteiger partial charge in [-0.25, -0.2) is 4.79 Å². The van der Waals surface area contributed by atoms with Crippen LogP contribution in [-0.4, -0.2) is 47.0 Å². The molecule has 5 nitrogen and oxygen atoms in total. The van der Waals surface area contributed by atoms with E-state index in [-0.39, 0.29) is 12.1 Å². The quantitative estimate of drug-likeness (QED) is 0.918. The molecular weight excluding hydrogens is 302 g/mol. The van der Waals surface area contributed by atoms with E-state index in [4.69, 9.17) is 4.42 Å². The lowest BCUT2D eigenvalue weighted by Gasteiger charge is -2.47. The molecule has 4 atom stereocenters. The van der Waals surface area contributed by atoms with Gasteiger partial charge in [-0.3, -0.25) is 0 Å². The maximum Gasteiger partial charge on any atom is 0.318 e. The first kappa shape index (κ1) is 16.0. The maximum absolute atomic E-state index is 13.0. The number of urea groups is 1. The van der Waals surface area contributed by atoms with E-state index < -0.39 is 0 Å². The van der Waals surface area contributed by atoms with Crippen LogP contribution in [0.2, 0.25) is 0 Å². The zero-order valence-corrected chi connectivity index (χ0v) is 14.8. The van der Waals surface area contributed by atoms with Crippen LogP contribution in [0.4, 0.5) is 4.79 Å². The van der Waals surface area contributed by atoms with Gasteiger partial charge >= 0.3 is 6.03 Å². The number of piperidine rings is 2. The summed E-state index contributed by atoms with van der Waals surface area (Å²) >= 11 is 0. The Morgan fingerprint density at radius 1 is 1.29 bits per heavy atom. The van der Waals surface area contributed by atoms with Crippen LogP contribution in [0.1, 0.15) is 63.7 Å². The van der Waals surface area contributed by atoms with E-state index >= 15 is 0 Å². The van der Waals surface area contributed by atoms with E-state index in [1.165, 1.54) is 19.3 Å². The fraction of sp³-hybridized carbons (Fsp3) is 0.737. The molecule has 0 aromatic carbocycles. The predicted octanol–water partition coefficient (Wildman–Crippen LogP) is 3.53. The van der Waals surface area contributed by atoms with Crippen molar-refractivity contribution in [2.45, 2.75) is 82.1 Å². The number of carbonyl (C=O) groups is 1. The highest BCUT2D eigenvalue weighted by molar-refractivity contribution is 5.75. The minimum Gasteiger partial charge on any atom is -0.467 e. The molecule has 132 valence electrons. The normalized spacial score (nSPS) is 31.5. The molecular formula is C19H29N3O2. The molecule has 1 saturated carbocycles. The molecule has 2 aliphatic heterocycles. The molecule has 2 saturated heterocycles. The Morgan fingerprint density at radius 2 is 2.00 bits per heavy atom. The molecule has 0 spiro atoms. The molecule has 3 heterocycles. The number of hydrogen-bond acceptors (Lipinski definition) is 3. The first-order chi connectivity index (χ1) is 11.6. The fourth-order valence-electron chi connectivity index (χ4n) is 4.66. The zero-order chi connectivity index (χ0) is 16.7. The van der Waals surface area contributed by atoms with E-state index in [1.807, 2.05) is 17.0 Å². The van der Waals surface area contributed by atoms with Gasteiger partial charge in [0, 0.05) is 24.2 Å². The Hall–Kier alpha value is -1.49. The summed E-state index contributed by atoms with van der Waals surface area (Å²) in [7, 11) is 2.25. The van der Waals surface area contributed by atoms with E-state index in [9.17, 15) is 4.79 Å². The van der Waals surface area contributed by atoms with Gasteiger partial charge in [0.2, 0.25) is 0 Å². The Kier molecular flexibility index (Phi) is 4.29. The average molecular weight is 331 g/mol. The summed E-state index contributed by atoms with van der Waals surface area (Å²) in [6.07, 6.45) is 9.97. The zero-order valence-electron chi connectivity index (χ0n) is 14.8. The SMILES string of the molecule is C[C@@H](c1ccco1)N(C(=O)NC1C[C@H]2CCC[C@@H](C1)N2C)C1CC1. The van der Waals surface area contributed by atoms with Crippen LogP contribution >= 0.6 is 0 Å². The van der Waals surface area contributed by atoms with Crippen LogP contribution in [0.5, 0.6) is 0 Å². The molecule has 1 N–H and O–H groups in total. The molecule has 1 aromatic rings. The third-order valence-corrected chi connectivity index (χ3v) is 6.21. The molecule has 1 aliphatic carbocycles. The number of carbonyl (C=O) groups excluding carboxylic acids is 1. The van der Waals surface area contributed by atoms with Gasteiger partial charge in [-0.1, -0.05) is 6.42 Å². The molecule has 3 aliphatic rings. The lowest BCUT2D eigenvalue weighted by molar-refractivity contribution is 0.0484. The summed E-state index contributed by atoms with van der Waals surface area (Å²) in [4.78, 5) is 17.5. The van der Waals surface area contributed by atoms with Crippen LogP contribution in [0.3, 0.4) is 0 Å². The molecule has 2 bridgehead atoms. The van der Waals surface area contributed by atoms with Gasteiger partial charge in [-0.15, -0.1) is 0 Å². The van der Waals surface area contributed by atoms with Crippen molar-refractivity contribution in [2.24, 2.45) is 0 Å². The van der Waals surface area contributed by atoms with Crippen LogP contribution < -0.4 is 5.32 Å². The topological polar surface area (TPSA) is 48.7 Å². The molecule has 4 rings (SSSR count). The lowest BCUT2D eigenvalue weighted by atomic mass is 9.82. The fourth-order valence-corrected chi connectivity index (χ4v) is 4.66. The Morgan fingerprint density at radius 3 is 2.58 bits per heavy atom. The van der Waals surface area contributed by atoms with Gasteiger partial charge in [0.15, 0.2) is 0 Å². The Labute approximate surface area is 144 Å². The van der Waals surface area contributed by atoms with Gasteiger partial charge in [0.05, 0.1) is 12.3 Å². The molecule has 5 heteroatoms. The van der Waals surface area contributed by atoms with Gasteiger partial charge in [0.25, 0.3) is 0 Å². The Bertz CT molecular complexity index is 555. The van der Waals surface area contributed by atoms with Crippen molar-refractivity contribution < 1.29 is 9.21 Å². The smallest absolute Gasteiger partial charge is 0.318 e. The second kappa shape index (κ2) is 6.43. The number of furan rings is 1. The monoisotopic (exact) mass is 331 g/mol. The predicted molar refractivity (Wildman–Crippen MR) is 92.7 cm³/mol. The highest BCUT2D eigenvalue weighted by atomic mass is 16.3. The molecule has 3 fully saturated rings. The number of nitrogens with zero attached hydrogens (tertiary/aromatic N) is 2. The maximum atomic E-state index is 13.0. The molecule has 1 aromatic heterocycles. The largest absolute Gasteiger partial charge is 0.467 e. The summed E-state index contributed by atoms with van der Waals surface area (Å²) in [6.45, 7) is 2.07. The van der Waals surface area contributed by atoms with E-state index in [0.29, 0.717) is 24.2 Å². The molecule has 1 unspecified atom stereocenters. The van der Waals surface area contributed by atoms with Crippen molar-refractivity contribution in [2.75, 3.05) is 7.05 Å². The third kappa shape index (κ3) is 3.06. The van der Waals surface area contributed by atoms with Crippen molar-refractivity contribution in [3.63, 3.8) is 0 Å². The van der Waals surface area contributed by atoms with Crippen LogP contribution in [0, 0.1) is 0 Å². The van der Waals surface area contributed by atoms with E-state index in [1.54, 1.807) is 6.26 Å². The third-order valence-electron chi connectivity index (χ3n) is 6.21. The summed E-state index contributed by atoms with van der Waals surface area (Å²) in [5.41, 5.74) is 0. The van der Waals surface area contributed by atoms with Crippen LogP contribution in [0.25, 0.3) is 0 Å². The average Bonchev–Trinajstić information content (AvgIpc) is 3.20. The minimum absolute atomic E-state index is 0.00161. The highest BCUT2D eigenvalue weighted by Crippen LogP contribution is 2.36. The van der Waals surface area contributed by atoms with Gasteiger partial charge in [-0.2, -0.15) is 0 Å². The lowest BCUT2D eigenvalue weighted by Crippen LogP contribution is -2.57. The standard InChI is InChI=1S/C19H29N3O2/c1-13(18-7-4-10-24-18)22(15-8-9-15)19(23)20-14-11-16-5-3-6-17(12-14)21(16)2/h4,7,10,13-17H,3,5-6,8-9,11-12H2,1-2H3,(H,20,23)/t13-,14?,16-,17+/m0/s1. The summed E-state index contributed by atoms with van der Waals surface area (Å²) in [6, 6.07) is 5.91. The highest BCUT2D eigenvalue weighted by Gasteiger charge is 2.40. The van der Waals surface area contributed by atoms with Crippen molar-refractivity contribution in [1.82, 2.24) is 15.1 Å². The molecule has 2 amide bonds. The molecule has 0 radical (unpaired) electrons. The summed E-state index contributed by atoms with van der Waals surface area (Å²) < 4.78 is 5.54. The van der Waals surface area contributed by atoms with Gasteiger partial charge in [0.1, 0.15) is 5.76 Å². The molecule has 24 heavy (non-hydrogen) atoms. The first-order valence-electron chi connectivity index (χ1n) is 9.47. The number of nitrogens with one attached hydrogen (secondary N) is 1. The van der Waals surface area contributed by atoms with Gasteiger partial charge in [-0.05, 0) is 64.6 Å². The van der Waals surface area contributed by atoms with E-state index in [2.05, 4.69) is 24.2 Å². The minimum atomic E-state index is -0.00161. The van der Waals surface area contributed by atoms with Crippen molar-refractivity contribution in [1.29, 1.82) is 0 Å². The van der Waals surface area contributed by atoms with Crippen molar-refractivity contribution in [3.05, 3.63) is 24.2 Å². The first-order valence-corrected chi connectivity index (χ1v) is 9.47. The van der Waals surface area contributed by atoms with Crippen LogP contribution in [-0.2, 0) is 0 Å². The summed E-state index contributed by atoms with van der Waals surface area (Å²) in [5, 5.41) is 3.35. The summed E-state index contributed by atoms with van der Waals surface area (Å²) in [5.74, 6) is 0.872. The second-order valence-electron chi connectivity index (χ2n) is 7.85. The van der Waals surface area contributed by atoms with Crippen LogP contribution in [0.15, 0.2) is 22.8 Å². The Balaban J connectivity index is 1.42.